The molecule has 0 aliphatic heterocycles. The molecule has 1 unspecified atom stereocenters. The zero-order valence-corrected chi connectivity index (χ0v) is 18.2. The highest BCUT2D eigenvalue weighted by Gasteiger charge is 2.27. The fourth-order valence-corrected chi connectivity index (χ4v) is 4.43. The number of hydrogen-bond donors (Lipinski definition) is 0. The summed E-state index contributed by atoms with van der Waals surface area (Å²) in [7, 11) is 0. The fourth-order valence-electron chi connectivity index (χ4n) is 3.57. The summed E-state index contributed by atoms with van der Waals surface area (Å²) in [5, 5.41) is 2.91. The molecule has 2 heterocycles. The molecule has 0 aliphatic carbocycles. The van der Waals surface area contributed by atoms with E-state index in [0.29, 0.717) is 38.9 Å². The molecule has 2 aromatic carbocycles. The molecule has 2 aromatic heterocycles. The van der Waals surface area contributed by atoms with Gasteiger partial charge in [0.1, 0.15) is 5.82 Å². The third-order valence-electron chi connectivity index (χ3n) is 5.04. The Kier molecular flexibility index (Phi) is 5.70. The Labute approximate surface area is 183 Å². The van der Waals surface area contributed by atoms with Gasteiger partial charge in [-0.3, -0.25) is 14.2 Å². The van der Waals surface area contributed by atoms with Crippen LogP contribution in [0, 0.1) is 0 Å². The minimum Gasteiger partial charge on any atom is -0.328 e. The maximum atomic E-state index is 13.5. The number of thiophene rings is 1. The van der Waals surface area contributed by atoms with Crippen LogP contribution in [0.4, 0.5) is 0 Å². The number of para-hydroxylation sites is 1. The van der Waals surface area contributed by atoms with Crippen LogP contribution in [0.1, 0.15) is 35.4 Å². The summed E-state index contributed by atoms with van der Waals surface area (Å²) in [4.78, 5) is 33.7. The quantitative estimate of drug-likeness (QED) is 0.424. The van der Waals surface area contributed by atoms with E-state index in [1.807, 2.05) is 49.6 Å². The lowest BCUT2D eigenvalue weighted by atomic mass is 10.1. The minimum atomic E-state index is -0.430. The molecule has 4 rings (SSSR count). The van der Waals surface area contributed by atoms with E-state index >= 15 is 0 Å². The molecule has 0 fully saturated rings. The number of carbonyl (C=O) groups is 1. The molecule has 5 nitrogen and oxygen atoms in total. The number of carbonyl (C=O) groups excluding carboxylic acids is 1. The largest absolute Gasteiger partial charge is 0.328 e. The Morgan fingerprint density at radius 1 is 1.17 bits per heavy atom. The summed E-state index contributed by atoms with van der Waals surface area (Å²) < 4.78 is 1.56. The number of hydrogen-bond acceptors (Lipinski definition) is 4. The molecule has 30 heavy (non-hydrogen) atoms. The second kappa shape index (κ2) is 8.42. The van der Waals surface area contributed by atoms with Crippen molar-refractivity contribution in [3.8, 4) is 5.69 Å². The summed E-state index contributed by atoms with van der Waals surface area (Å²) >= 11 is 7.60. The van der Waals surface area contributed by atoms with Crippen LogP contribution in [0.5, 0.6) is 0 Å². The van der Waals surface area contributed by atoms with Gasteiger partial charge >= 0.3 is 0 Å². The van der Waals surface area contributed by atoms with Gasteiger partial charge in [0.25, 0.3) is 11.5 Å². The number of halogens is 1. The highest BCUT2D eigenvalue weighted by molar-refractivity contribution is 7.12. The summed E-state index contributed by atoms with van der Waals surface area (Å²) in [6.07, 6.45) is 0. The standard InChI is InChI=1S/C23H20ClN3O2S/c1-3-26(23(29)20-12-7-13-30-20)15(2)21-25-19-11-5-4-10-18(19)22(28)27(21)17-9-6-8-16(24)14-17/h4-15H,3H2,1-2H3. The monoisotopic (exact) mass is 437 g/mol. The van der Waals surface area contributed by atoms with Gasteiger partial charge in [0.15, 0.2) is 0 Å². The molecular weight excluding hydrogens is 418 g/mol. The van der Waals surface area contributed by atoms with Crippen molar-refractivity contribution in [1.82, 2.24) is 14.5 Å². The van der Waals surface area contributed by atoms with Crippen molar-refractivity contribution in [1.29, 1.82) is 0 Å². The van der Waals surface area contributed by atoms with Gasteiger partial charge < -0.3 is 4.90 Å². The van der Waals surface area contributed by atoms with Crippen LogP contribution < -0.4 is 5.56 Å². The van der Waals surface area contributed by atoms with Crippen molar-refractivity contribution < 1.29 is 4.79 Å². The molecule has 0 spiro atoms. The fraction of sp³-hybridized carbons (Fsp3) is 0.174. The first kappa shape index (κ1) is 20.3. The van der Waals surface area contributed by atoms with Crippen LogP contribution in [0.15, 0.2) is 70.8 Å². The van der Waals surface area contributed by atoms with E-state index in [1.54, 1.807) is 39.8 Å². The van der Waals surface area contributed by atoms with E-state index in [1.165, 1.54) is 11.3 Å². The van der Waals surface area contributed by atoms with Crippen LogP contribution in [0.25, 0.3) is 16.6 Å². The topological polar surface area (TPSA) is 55.2 Å². The minimum absolute atomic E-state index is 0.0833. The summed E-state index contributed by atoms with van der Waals surface area (Å²) in [6.45, 7) is 4.30. The summed E-state index contributed by atoms with van der Waals surface area (Å²) in [6, 6.07) is 17.6. The van der Waals surface area contributed by atoms with E-state index in [0.717, 1.165) is 0 Å². The van der Waals surface area contributed by atoms with Crippen molar-refractivity contribution in [3.63, 3.8) is 0 Å². The number of nitrogens with zero attached hydrogens (tertiary/aromatic N) is 3. The highest BCUT2D eigenvalue weighted by Crippen LogP contribution is 2.26. The second-order valence-electron chi connectivity index (χ2n) is 6.85. The van der Waals surface area contributed by atoms with Gasteiger partial charge in [0.05, 0.1) is 27.5 Å². The van der Waals surface area contributed by atoms with Crippen LogP contribution in [0.2, 0.25) is 5.02 Å². The first-order valence-electron chi connectivity index (χ1n) is 9.63. The van der Waals surface area contributed by atoms with E-state index in [4.69, 9.17) is 16.6 Å². The number of benzene rings is 2. The van der Waals surface area contributed by atoms with E-state index < -0.39 is 6.04 Å². The molecule has 0 N–H and O–H groups in total. The van der Waals surface area contributed by atoms with Crippen molar-refractivity contribution in [3.05, 3.63) is 92.1 Å². The van der Waals surface area contributed by atoms with Gasteiger partial charge in [-0.25, -0.2) is 4.98 Å². The highest BCUT2D eigenvalue weighted by atomic mass is 35.5. The normalized spacial score (nSPS) is 12.1. The zero-order chi connectivity index (χ0) is 21.3. The maximum Gasteiger partial charge on any atom is 0.266 e. The number of fused-ring (bicyclic) bond motifs is 1. The van der Waals surface area contributed by atoms with Gasteiger partial charge in [-0.1, -0.05) is 35.9 Å². The number of aromatic nitrogens is 2. The first-order valence-corrected chi connectivity index (χ1v) is 10.9. The first-order chi connectivity index (χ1) is 14.5. The number of amides is 1. The zero-order valence-electron chi connectivity index (χ0n) is 16.6. The molecular formula is C23H20ClN3O2S. The van der Waals surface area contributed by atoms with E-state index in [9.17, 15) is 9.59 Å². The van der Waals surface area contributed by atoms with E-state index in [2.05, 4.69) is 0 Å². The Morgan fingerprint density at radius 2 is 1.97 bits per heavy atom. The lowest BCUT2D eigenvalue weighted by Gasteiger charge is -2.29. The lowest BCUT2D eigenvalue weighted by Crippen LogP contribution is -2.37. The Bertz CT molecular complexity index is 1270. The van der Waals surface area contributed by atoms with Crippen LogP contribution in [0.3, 0.4) is 0 Å². The third kappa shape index (κ3) is 3.64. The lowest BCUT2D eigenvalue weighted by molar-refractivity contribution is 0.0698. The molecule has 0 bridgehead atoms. The number of rotatable bonds is 5. The van der Waals surface area contributed by atoms with Crippen LogP contribution in [-0.4, -0.2) is 26.9 Å². The summed E-state index contributed by atoms with van der Waals surface area (Å²) in [5.74, 6) is 0.410. The van der Waals surface area contributed by atoms with Crippen LogP contribution >= 0.6 is 22.9 Å². The van der Waals surface area contributed by atoms with Crippen LogP contribution in [-0.2, 0) is 0 Å². The molecule has 4 aromatic rings. The van der Waals surface area contributed by atoms with Crippen molar-refractivity contribution in [2.24, 2.45) is 0 Å². The Balaban J connectivity index is 1.93. The Hall–Kier alpha value is -2.96. The SMILES string of the molecule is CCN(C(=O)c1cccs1)C(C)c1nc2ccccc2c(=O)n1-c1cccc(Cl)c1. The molecule has 1 amide bonds. The third-order valence-corrected chi connectivity index (χ3v) is 6.14. The molecule has 0 radical (unpaired) electrons. The molecule has 0 saturated carbocycles. The van der Waals surface area contributed by atoms with Crippen molar-refractivity contribution >= 4 is 39.7 Å². The van der Waals surface area contributed by atoms with Gasteiger partial charge in [0.2, 0.25) is 0 Å². The smallest absolute Gasteiger partial charge is 0.266 e. The van der Waals surface area contributed by atoms with Gasteiger partial charge in [0, 0.05) is 11.6 Å². The van der Waals surface area contributed by atoms with Gasteiger partial charge in [-0.15, -0.1) is 11.3 Å². The van der Waals surface area contributed by atoms with Crippen molar-refractivity contribution in [2.75, 3.05) is 6.54 Å². The molecule has 1 atom stereocenters. The predicted molar refractivity (Wildman–Crippen MR) is 122 cm³/mol. The molecule has 0 aliphatic rings. The van der Waals surface area contributed by atoms with Gasteiger partial charge in [-0.05, 0) is 55.6 Å². The average Bonchev–Trinajstić information content (AvgIpc) is 3.29. The average molecular weight is 438 g/mol. The molecule has 7 heteroatoms. The Morgan fingerprint density at radius 3 is 2.67 bits per heavy atom. The van der Waals surface area contributed by atoms with E-state index in [-0.39, 0.29) is 11.5 Å². The van der Waals surface area contributed by atoms with Gasteiger partial charge in [-0.2, -0.15) is 0 Å². The predicted octanol–water partition coefficient (Wildman–Crippen LogP) is 5.32. The molecule has 152 valence electrons. The maximum absolute atomic E-state index is 13.5. The second-order valence-corrected chi connectivity index (χ2v) is 8.24. The van der Waals surface area contributed by atoms with Crippen molar-refractivity contribution in [2.45, 2.75) is 19.9 Å². The summed E-state index contributed by atoms with van der Waals surface area (Å²) in [5.41, 5.74) is 1.03. The molecule has 0 saturated heterocycles.